The van der Waals surface area contributed by atoms with Crippen LogP contribution in [0.15, 0.2) is 36.5 Å². The molecule has 0 heterocycles. The second-order valence-electron chi connectivity index (χ2n) is 13.0. The molecule has 0 aromatic rings. The minimum Gasteiger partial charge on any atom is -0.458 e. The summed E-state index contributed by atoms with van der Waals surface area (Å²) in [6.07, 6.45) is 40.6. The standard InChI is InChI=1S/C39H71O8P/c1-3-5-7-9-11-13-15-17-19-21-23-25-27-29-31-33-38(40)45-35-37(36-46-48(42,43)44)47-39(41)34-32-30-28-26-24-22-20-18-16-14-12-10-8-6-4-2/h18,20,27,29,31,33,37H,3-17,19,21-26,28,30,32,34-36H2,1-2H3,(H2,42,43,44)/b20-18+,29-27+,33-31+/t37-/m1/s1. The minimum absolute atomic E-state index is 0.183. The molecule has 0 aromatic heterocycles. The number of phosphoric acid groups is 1. The first-order valence-corrected chi connectivity index (χ1v) is 20.9. The smallest absolute Gasteiger partial charge is 0.458 e. The fourth-order valence-corrected chi connectivity index (χ4v) is 5.70. The van der Waals surface area contributed by atoms with Crippen molar-refractivity contribution in [3.05, 3.63) is 36.5 Å². The van der Waals surface area contributed by atoms with Gasteiger partial charge < -0.3 is 19.3 Å². The van der Waals surface area contributed by atoms with Gasteiger partial charge in [-0.15, -0.1) is 0 Å². The molecule has 2 N–H and O–H groups in total. The van der Waals surface area contributed by atoms with Gasteiger partial charge in [0.15, 0.2) is 6.10 Å². The van der Waals surface area contributed by atoms with Gasteiger partial charge in [0.1, 0.15) is 6.61 Å². The molecule has 0 fully saturated rings. The zero-order valence-corrected chi connectivity index (χ0v) is 31.5. The number of hydrogen-bond acceptors (Lipinski definition) is 6. The molecule has 9 heteroatoms. The Bertz CT molecular complexity index is 879. The van der Waals surface area contributed by atoms with Gasteiger partial charge in [-0.2, -0.15) is 0 Å². The quantitative estimate of drug-likeness (QED) is 0.0168. The molecule has 0 amide bonds. The number of carbonyl (C=O) groups is 2. The Labute approximate surface area is 293 Å². The third kappa shape index (κ3) is 37.1. The van der Waals surface area contributed by atoms with Gasteiger partial charge in [0.2, 0.25) is 0 Å². The summed E-state index contributed by atoms with van der Waals surface area (Å²) in [5.41, 5.74) is 0. The molecule has 0 saturated carbocycles. The fraction of sp³-hybridized carbons (Fsp3) is 0.795. The Morgan fingerprint density at radius 2 is 1.02 bits per heavy atom. The average molecular weight is 699 g/mol. The third-order valence-electron chi connectivity index (χ3n) is 8.23. The van der Waals surface area contributed by atoms with Gasteiger partial charge in [0.25, 0.3) is 0 Å². The summed E-state index contributed by atoms with van der Waals surface area (Å²) >= 11 is 0. The van der Waals surface area contributed by atoms with E-state index in [1.165, 1.54) is 115 Å². The van der Waals surface area contributed by atoms with Crippen molar-refractivity contribution in [3.63, 3.8) is 0 Å². The van der Waals surface area contributed by atoms with Crippen molar-refractivity contribution in [2.24, 2.45) is 0 Å². The predicted molar refractivity (Wildman–Crippen MR) is 198 cm³/mol. The van der Waals surface area contributed by atoms with E-state index in [1.54, 1.807) is 12.2 Å². The highest BCUT2D eigenvalue weighted by atomic mass is 31.2. The van der Waals surface area contributed by atoms with E-state index in [0.717, 1.165) is 44.9 Å². The predicted octanol–water partition coefficient (Wildman–Crippen LogP) is 11.4. The lowest BCUT2D eigenvalue weighted by molar-refractivity contribution is -0.159. The number of ether oxygens (including phenoxy) is 2. The molecule has 0 unspecified atom stereocenters. The Morgan fingerprint density at radius 1 is 0.583 bits per heavy atom. The molecule has 0 saturated heterocycles. The van der Waals surface area contributed by atoms with Crippen LogP contribution in [0, 0.1) is 0 Å². The van der Waals surface area contributed by atoms with Gasteiger partial charge in [-0.3, -0.25) is 9.32 Å². The highest BCUT2D eigenvalue weighted by Gasteiger charge is 2.22. The van der Waals surface area contributed by atoms with Crippen molar-refractivity contribution in [1.82, 2.24) is 0 Å². The first kappa shape index (κ1) is 46.3. The molecule has 0 aliphatic carbocycles. The highest BCUT2D eigenvalue weighted by Crippen LogP contribution is 2.35. The molecule has 0 aliphatic heterocycles. The summed E-state index contributed by atoms with van der Waals surface area (Å²) in [4.78, 5) is 42.6. The van der Waals surface area contributed by atoms with E-state index < -0.39 is 32.5 Å². The molecule has 0 aliphatic rings. The summed E-state index contributed by atoms with van der Waals surface area (Å²) in [5, 5.41) is 0. The molecule has 0 bridgehead atoms. The highest BCUT2D eigenvalue weighted by molar-refractivity contribution is 7.46. The zero-order chi connectivity index (χ0) is 35.4. The molecular weight excluding hydrogens is 627 g/mol. The zero-order valence-electron chi connectivity index (χ0n) is 30.6. The second kappa shape index (κ2) is 35.1. The maximum Gasteiger partial charge on any atom is 0.469 e. The van der Waals surface area contributed by atoms with Gasteiger partial charge in [-0.25, -0.2) is 9.36 Å². The summed E-state index contributed by atoms with van der Waals surface area (Å²) in [7, 11) is -4.77. The van der Waals surface area contributed by atoms with Crippen LogP contribution >= 0.6 is 7.82 Å². The summed E-state index contributed by atoms with van der Waals surface area (Å²) < 4.78 is 26.1. The van der Waals surface area contributed by atoms with Gasteiger partial charge >= 0.3 is 19.8 Å². The van der Waals surface area contributed by atoms with Crippen LogP contribution in [0.1, 0.15) is 181 Å². The lowest BCUT2D eigenvalue weighted by Crippen LogP contribution is -2.29. The molecule has 0 rings (SSSR count). The molecule has 280 valence electrons. The Balaban J connectivity index is 4.07. The number of phosphoric ester groups is 1. The van der Waals surface area contributed by atoms with Crippen LogP contribution in [-0.4, -0.2) is 41.0 Å². The lowest BCUT2D eigenvalue weighted by atomic mass is 10.1. The summed E-state index contributed by atoms with van der Waals surface area (Å²) in [6.45, 7) is 3.56. The number of rotatable bonds is 35. The Morgan fingerprint density at radius 3 is 1.50 bits per heavy atom. The van der Waals surface area contributed by atoms with Crippen LogP contribution in [0.2, 0.25) is 0 Å². The van der Waals surface area contributed by atoms with Crippen LogP contribution in [0.4, 0.5) is 0 Å². The molecule has 0 radical (unpaired) electrons. The summed E-state index contributed by atoms with van der Waals surface area (Å²) in [5.74, 6) is -1.15. The van der Waals surface area contributed by atoms with Gasteiger partial charge in [0, 0.05) is 12.5 Å². The van der Waals surface area contributed by atoms with Crippen molar-refractivity contribution >= 4 is 19.8 Å². The van der Waals surface area contributed by atoms with Crippen LogP contribution < -0.4 is 0 Å². The molecule has 48 heavy (non-hydrogen) atoms. The van der Waals surface area contributed by atoms with E-state index in [2.05, 4.69) is 30.5 Å². The lowest BCUT2D eigenvalue weighted by Gasteiger charge is -2.18. The fourth-order valence-electron chi connectivity index (χ4n) is 5.34. The first-order valence-electron chi connectivity index (χ1n) is 19.3. The van der Waals surface area contributed by atoms with Crippen molar-refractivity contribution in [1.29, 1.82) is 0 Å². The third-order valence-corrected chi connectivity index (χ3v) is 8.72. The van der Waals surface area contributed by atoms with E-state index in [4.69, 9.17) is 19.3 Å². The molecule has 0 spiro atoms. The molecular formula is C39H71O8P. The molecule has 1 atom stereocenters. The van der Waals surface area contributed by atoms with Gasteiger partial charge in [-0.1, -0.05) is 160 Å². The maximum absolute atomic E-state index is 12.3. The largest absolute Gasteiger partial charge is 0.469 e. The first-order chi connectivity index (χ1) is 23.3. The van der Waals surface area contributed by atoms with E-state index in [-0.39, 0.29) is 13.0 Å². The monoisotopic (exact) mass is 698 g/mol. The second-order valence-corrected chi connectivity index (χ2v) is 14.2. The number of unbranched alkanes of at least 4 members (excludes halogenated alkanes) is 22. The number of carbonyl (C=O) groups excluding carboxylic acids is 2. The Kier molecular flexibility index (Phi) is 33.8. The number of hydrogen-bond donors (Lipinski definition) is 2. The van der Waals surface area contributed by atoms with Gasteiger partial charge in [0.05, 0.1) is 6.61 Å². The van der Waals surface area contributed by atoms with Crippen LogP contribution in [-0.2, 0) is 28.2 Å². The average Bonchev–Trinajstić information content (AvgIpc) is 3.05. The van der Waals surface area contributed by atoms with Crippen molar-refractivity contribution < 1.29 is 37.9 Å². The number of allylic oxidation sites excluding steroid dienone is 5. The van der Waals surface area contributed by atoms with E-state index >= 15 is 0 Å². The van der Waals surface area contributed by atoms with Crippen molar-refractivity contribution in [3.8, 4) is 0 Å². The molecule has 0 aromatic carbocycles. The number of esters is 2. The molecule has 8 nitrogen and oxygen atoms in total. The SMILES string of the molecule is CCCCCCCC/C=C/CCCCCCCC(=O)O[C@H](COC(=O)/C=C/C=C/CCCCCCCCCCCCC)COP(=O)(O)O. The van der Waals surface area contributed by atoms with E-state index in [0.29, 0.717) is 6.42 Å². The summed E-state index contributed by atoms with van der Waals surface area (Å²) in [6, 6.07) is 0. The topological polar surface area (TPSA) is 119 Å². The normalized spacial score (nSPS) is 12.8. The van der Waals surface area contributed by atoms with E-state index in [9.17, 15) is 14.2 Å². The van der Waals surface area contributed by atoms with Gasteiger partial charge in [-0.05, 0) is 44.9 Å². The van der Waals surface area contributed by atoms with E-state index in [1.807, 2.05) is 6.08 Å². The maximum atomic E-state index is 12.3. The minimum atomic E-state index is -4.77. The van der Waals surface area contributed by atoms with Crippen molar-refractivity contribution in [2.45, 2.75) is 187 Å². The van der Waals surface area contributed by atoms with Crippen LogP contribution in [0.25, 0.3) is 0 Å². The Hall–Kier alpha value is -1.73. The van der Waals surface area contributed by atoms with Crippen LogP contribution in [0.3, 0.4) is 0 Å². The van der Waals surface area contributed by atoms with Crippen LogP contribution in [0.5, 0.6) is 0 Å². The van der Waals surface area contributed by atoms with Crippen molar-refractivity contribution in [2.75, 3.05) is 13.2 Å².